The number of carbonyl (C=O) groups is 1. The van der Waals surface area contributed by atoms with Crippen LogP contribution in [0.15, 0.2) is 58.3 Å². The van der Waals surface area contributed by atoms with Crippen LogP contribution in [-0.2, 0) is 0 Å². The van der Waals surface area contributed by atoms with Crippen molar-refractivity contribution in [1.82, 2.24) is 15.2 Å². The lowest BCUT2D eigenvalue weighted by Crippen LogP contribution is -2.40. The number of carbonyl (C=O) groups excluding carboxylic acids is 1. The summed E-state index contributed by atoms with van der Waals surface area (Å²) < 4.78 is 5.37. The zero-order chi connectivity index (χ0) is 22.5. The van der Waals surface area contributed by atoms with Crippen LogP contribution in [0.2, 0.25) is 0 Å². The van der Waals surface area contributed by atoms with E-state index in [4.69, 9.17) is 4.74 Å². The molecular weight excluding hydrogens is 418 g/mol. The fourth-order valence-corrected chi connectivity index (χ4v) is 5.78. The van der Waals surface area contributed by atoms with Crippen molar-refractivity contribution >= 4 is 28.6 Å². The molecule has 2 N–H and O–H groups in total. The summed E-state index contributed by atoms with van der Waals surface area (Å²) in [7, 11) is 1.65. The largest absolute Gasteiger partial charge is 0.497 e. The molecule has 0 radical (unpaired) electrons. The Morgan fingerprint density at radius 2 is 1.91 bits per heavy atom. The Morgan fingerprint density at radius 3 is 2.62 bits per heavy atom. The van der Waals surface area contributed by atoms with Gasteiger partial charge < -0.3 is 19.9 Å². The van der Waals surface area contributed by atoms with Crippen LogP contribution in [-0.4, -0.2) is 49.1 Å². The molecule has 0 aliphatic carbocycles. The van der Waals surface area contributed by atoms with Crippen molar-refractivity contribution < 1.29 is 9.53 Å². The smallest absolute Gasteiger partial charge is 0.268 e. The van der Waals surface area contributed by atoms with Crippen LogP contribution in [0.25, 0.3) is 10.9 Å². The van der Waals surface area contributed by atoms with E-state index >= 15 is 0 Å². The summed E-state index contributed by atoms with van der Waals surface area (Å²) in [5, 5.41) is 4.16. The van der Waals surface area contributed by atoms with Crippen molar-refractivity contribution in [2.75, 3.05) is 33.3 Å². The first-order chi connectivity index (χ1) is 15.5. The Morgan fingerprint density at radius 1 is 1.16 bits per heavy atom. The number of ether oxygens (including phenoxy) is 1. The molecule has 1 amide bonds. The van der Waals surface area contributed by atoms with Gasteiger partial charge in [0.2, 0.25) is 0 Å². The number of fused-ring (bicyclic) bond motifs is 1. The minimum atomic E-state index is -0.0565. The SMILES string of the molecule is COc1ccc2c(Sc3ccccc3)c(C(=O)NCCCN3C[C@H](C)C[C@@H](C)C3)[nH]c2c1. The van der Waals surface area contributed by atoms with Crippen LogP contribution in [0, 0.1) is 11.8 Å². The number of piperidine rings is 1. The van der Waals surface area contributed by atoms with E-state index in [1.165, 1.54) is 19.5 Å². The maximum atomic E-state index is 13.1. The highest BCUT2D eigenvalue weighted by Gasteiger charge is 2.22. The molecule has 4 rings (SSSR count). The van der Waals surface area contributed by atoms with E-state index in [2.05, 4.69) is 41.2 Å². The van der Waals surface area contributed by atoms with Crippen LogP contribution < -0.4 is 10.1 Å². The van der Waals surface area contributed by atoms with Gasteiger partial charge in [-0.1, -0.05) is 43.8 Å². The molecule has 0 spiro atoms. The summed E-state index contributed by atoms with van der Waals surface area (Å²) in [5.74, 6) is 2.23. The van der Waals surface area contributed by atoms with Gasteiger partial charge in [0.1, 0.15) is 11.4 Å². The molecule has 2 atom stereocenters. The fraction of sp³-hybridized carbons (Fsp3) is 0.423. The number of nitrogens with one attached hydrogen (secondary N) is 2. The van der Waals surface area contributed by atoms with E-state index in [9.17, 15) is 4.79 Å². The van der Waals surface area contributed by atoms with Crippen molar-refractivity contribution in [2.24, 2.45) is 11.8 Å². The molecule has 1 fully saturated rings. The van der Waals surface area contributed by atoms with Crippen molar-refractivity contribution in [2.45, 2.75) is 36.5 Å². The number of hydrogen-bond donors (Lipinski definition) is 2. The predicted octanol–water partition coefficient (Wildman–Crippen LogP) is 5.43. The molecule has 5 nitrogen and oxygen atoms in total. The number of hydrogen-bond acceptors (Lipinski definition) is 4. The van der Waals surface area contributed by atoms with E-state index in [-0.39, 0.29) is 5.91 Å². The highest BCUT2D eigenvalue weighted by Crippen LogP contribution is 2.37. The summed E-state index contributed by atoms with van der Waals surface area (Å²) in [5.41, 5.74) is 1.52. The topological polar surface area (TPSA) is 57.4 Å². The van der Waals surface area contributed by atoms with Crippen molar-refractivity contribution in [1.29, 1.82) is 0 Å². The third-order valence-electron chi connectivity index (χ3n) is 6.03. The zero-order valence-electron chi connectivity index (χ0n) is 19.2. The van der Waals surface area contributed by atoms with E-state index in [0.717, 1.165) is 51.2 Å². The Hall–Kier alpha value is -2.44. The van der Waals surface area contributed by atoms with Gasteiger partial charge in [-0.15, -0.1) is 0 Å². The molecule has 2 heterocycles. The normalized spacial score (nSPS) is 19.2. The summed E-state index contributed by atoms with van der Waals surface area (Å²) >= 11 is 1.61. The Bertz CT molecular complexity index is 1040. The van der Waals surface area contributed by atoms with E-state index < -0.39 is 0 Å². The monoisotopic (exact) mass is 451 g/mol. The zero-order valence-corrected chi connectivity index (χ0v) is 20.0. The van der Waals surface area contributed by atoms with E-state index in [0.29, 0.717) is 12.2 Å². The molecule has 32 heavy (non-hydrogen) atoms. The standard InChI is InChI=1S/C26H33N3O2S/c1-18-14-19(2)17-29(16-18)13-7-12-27-26(30)24-25(32-21-8-5-4-6-9-21)22-11-10-20(31-3)15-23(22)28-24/h4-6,8-11,15,18-19,28H,7,12-14,16-17H2,1-3H3,(H,27,30)/t18-,19-/m1/s1. The molecule has 1 saturated heterocycles. The average molecular weight is 452 g/mol. The molecular formula is C26H33N3O2S. The number of likely N-dealkylation sites (tertiary alicyclic amines) is 1. The lowest BCUT2D eigenvalue weighted by molar-refractivity contribution is 0.0940. The number of aromatic amines is 1. The average Bonchev–Trinajstić information content (AvgIpc) is 3.14. The summed E-state index contributed by atoms with van der Waals surface area (Å²) in [6.07, 6.45) is 2.28. The molecule has 2 aromatic carbocycles. The van der Waals surface area contributed by atoms with Gasteiger partial charge in [0, 0.05) is 36.0 Å². The van der Waals surface area contributed by atoms with Gasteiger partial charge in [-0.25, -0.2) is 0 Å². The lowest BCUT2D eigenvalue weighted by atomic mass is 9.92. The lowest BCUT2D eigenvalue weighted by Gasteiger charge is -2.34. The van der Waals surface area contributed by atoms with Crippen molar-refractivity contribution in [3.8, 4) is 5.75 Å². The first-order valence-electron chi connectivity index (χ1n) is 11.5. The minimum absolute atomic E-state index is 0.0565. The molecule has 6 heteroatoms. The van der Waals surface area contributed by atoms with Gasteiger partial charge in [0.25, 0.3) is 5.91 Å². The molecule has 1 aliphatic heterocycles. The third kappa shape index (κ3) is 5.48. The molecule has 0 unspecified atom stereocenters. The van der Waals surface area contributed by atoms with Crippen LogP contribution in [0.3, 0.4) is 0 Å². The predicted molar refractivity (Wildman–Crippen MR) is 132 cm³/mol. The Labute approximate surface area is 194 Å². The number of amides is 1. The maximum absolute atomic E-state index is 13.1. The van der Waals surface area contributed by atoms with Gasteiger partial charge in [0.15, 0.2) is 0 Å². The first-order valence-corrected chi connectivity index (χ1v) is 12.3. The second-order valence-electron chi connectivity index (χ2n) is 8.97. The van der Waals surface area contributed by atoms with Gasteiger partial charge in [0.05, 0.1) is 17.5 Å². The molecule has 0 saturated carbocycles. The molecule has 1 aliphatic rings. The maximum Gasteiger partial charge on any atom is 0.268 e. The van der Waals surface area contributed by atoms with E-state index in [1.807, 2.05) is 36.4 Å². The minimum Gasteiger partial charge on any atom is -0.497 e. The van der Waals surface area contributed by atoms with Crippen molar-refractivity contribution in [3.05, 3.63) is 54.2 Å². The van der Waals surface area contributed by atoms with Crippen molar-refractivity contribution in [3.63, 3.8) is 0 Å². The van der Waals surface area contributed by atoms with Crippen LogP contribution in [0.4, 0.5) is 0 Å². The summed E-state index contributed by atoms with van der Waals surface area (Å²) in [6.45, 7) is 8.71. The summed E-state index contributed by atoms with van der Waals surface area (Å²) in [6, 6.07) is 16.1. The highest BCUT2D eigenvalue weighted by molar-refractivity contribution is 7.99. The van der Waals surface area contributed by atoms with Crippen LogP contribution in [0.5, 0.6) is 5.75 Å². The molecule has 1 aromatic heterocycles. The highest BCUT2D eigenvalue weighted by atomic mass is 32.2. The number of rotatable bonds is 8. The number of benzene rings is 2. The summed E-state index contributed by atoms with van der Waals surface area (Å²) in [4.78, 5) is 21.1. The first kappa shape index (κ1) is 22.7. The molecule has 3 aromatic rings. The molecule has 170 valence electrons. The van der Waals surface area contributed by atoms with Crippen LogP contribution >= 0.6 is 11.8 Å². The van der Waals surface area contributed by atoms with Gasteiger partial charge in [-0.2, -0.15) is 0 Å². The Kier molecular flexibility index (Phi) is 7.43. The molecule has 0 bridgehead atoms. The van der Waals surface area contributed by atoms with Gasteiger partial charge >= 0.3 is 0 Å². The quantitative estimate of drug-likeness (QED) is 0.449. The van der Waals surface area contributed by atoms with Gasteiger partial charge in [-0.05, 0) is 55.5 Å². The Balaban J connectivity index is 1.45. The second kappa shape index (κ2) is 10.5. The van der Waals surface area contributed by atoms with Crippen LogP contribution in [0.1, 0.15) is 37.2 Å². The second-order valence-corrected chi connectivity index (χ2v) is 10.1. The fourth-order valence-electron chi connectivity index (χ4n) is 4.72. The number of H-pyrrole nitrogens is 1. The number of aromatic nitrogens is 1. The third-order valence-corrected chi connectivity index (χ3v) is 7.17. The van der Waals surface area contributed by atoms with Gasteiger partial charge in [-0.3, -0.25) is 4.79 Å². The van der Waals surface area contributed by atoms with E-state index in [1.54, 1.807) is 18.9 Å². The number of methoxy groups -OCH3 is 1. The number of nitrogens with zero attached hydrogens (tertiary/aromatic N) is 1.